The molecule has 1 aromatic heterocycles. The summed E-state index contributed by atoms with van der Waals surface area (Å²) in [7, 11) is 0. The van der Waals surface area contributed by atoms with Crippen LogP contribution in [0.3, 0.4) is 0 Å². The number of aromatic nitrogens is 1. The van der Waals surface area contributed by atoms with Crippen molar-refractivity contribution in [3.8, 4) is 22.3 Å². The van der Waals surface area contributed by atoms with Crippen LogP contribution in [0.15, 0.2) is 91.1 Å². The van der Waals surface area contributed by atoms with E-state index in [1.54, 1.807) is 6.20 Å². The number of ether oxygens (including phenoxy) is 1. The molecule has 0 aliphatic rings. The van der Waals surface area contributed by atoms with Crippen molar-refractivity contribution in [3.05, 3.63) is 96.7 Å². The largest absolute Gasteiger partial charge is 0.462 e. The summed E-state index contributed by atoms with van der Waals surface area (Å²) in [5.41, 5.74) is 6.13. The maximum atomic E-state index is 12.1. The molecular formula is C27H21NO2. The molecule has 5 aromatic rings. The quantitative estimate of drug-likeness (QED) is 0.341. The molecule has 4 aromatic carbocycles. The molecule has 3 heteroatoms. The highest BCUT2D eigenvalue weighted by molar-refractivity contribution is 6.05. The molecule has 1 heterocycles. The van der Waals surface area contributed by atoms with E-state index in [-0.39, 0.29) is 5.97 Å². The van der Waals surface area contributed by atoms with E-state index in [9.17, 15) is 4.79 Å². The standard InChI is InChI=1S/C27H21NO2/c1-2-30-27(29)25-17-28-26-16-23(13-14-24(25)26)20-9-7-19(8-10-20)22-12-11-18-5-3-4-6-21(18)15-22/h3-17,28H,2H2,1H3. The van der Waals surface area contributed by atoms with Gasteiger partial charge in [0.25, 0.3) is 0 Å². The van der Waals surface area contributed by atoms with Crippen molar-refractivity contribution in [2.75, 3.05) is 6.61 Å². The number of fused-ring (bicyclic) bond motifs is 2. The minimum Gasteiger partial charge on any atom is -0.462 e. The molecule has 0 radical (unpaired) electrons. The summed E-state index contributed by atoms with van der Waals surface area (Å²) in [4.78, 5) is 15.3. The number of H-pyrrole nitrogens is 1. The molecular weight excluding hydrogens is 370 g/mol. The van der Waals surface area contributed by atoms with Gasteiger partial charge in [0.2, 0.25) is 0 Å². The fourth-order valence-electron chi connectivity index (χ4n) is 3.91. The monoisotopic (exact) mass is 391 g/mol. The van der Waals surface area contributed by atoms with Crippen LogP contribution in [-0.4, -0.2) is 17.6 Å². The summed E-state index contributed by atoms with van der Waals surface area (Å²) < 4.78 is 5.13. The lowest BCUT2D eigenvalue weighted by Crippen LogP contribution is -2.03. The third-order valence-corrected chi connectivity index (χ3v) is 5.48. The van der Waals surface area contributed by atoms with E-state index < -0.39 is 0 Å². The van der Waals surface area contributed by atoms with Crippen LogP contribution in [0.2, 0.25) is 0 Å². The molecule has 0 aliphatic heterocycles. The first-order valence-corrected chi connectivity index (χ1v) is 10.1. The van der Waals surface area contributed by atoms with Crippen molar-refractivity contribution < 1.29 is 9.53 Å². The van der Waals surface area contributed by atoms with Crippen LogP contribution in [0.1, 0.15) is 17.3 Å². The molecule has 0 saturated heterocycles. The van der Waals surface area contributed by atoms with Crippen LogP contribution in [0.25, 0.3) is 43.9 Å². The van der Waals surface area contributed by atoms with E-state index in [2.05, 4.69) is 77.8 Å². The first kappa shape index (κ1) is 18.2. The fourth-order valence-corrected chi connectivity index (χ4v) is 3.91. The first-order chi connectivity index (χ1) is 14.7. The molecule has 0 unspecified atom stereocenters. The van der Waals surface area contributed by atoms with E-state index in [1.165, 1.54) is 21.9 Å². The van der Waals surface area contributed by atoms with Crippen LogP contribution in [-0.2, 0) is 4.74 Å². The number of esters is 1. The Balaban J connectivity index is 1.46. The zero-order valence-corrected chi connectivity index (χ0v) is 16.7. The van der Waals surface area contributed by atoms with Crippen LogP contribution < -0.4 is 0 Å². The van der Waals surface area contributed by atoms with Gasteiger partial charge in [-0.15, -0.1) is 0 Å². The lowest BCUT2D eigenvalue weighted by molar-refractivity contribution is 0.0528. The van der Waals surface area contributed by atoms with E-state index in [0.29, 0.717) is 12.2 Å². The van der Waals surface area contributed by atoms with Gasteiger partial charge in [-0.2, -0.15) is 0 Å². The Bertz CT molecular complexity index is 1360. The smallest absolute Gasteiger partial charge is 0.340 e. The summed E-state index contributed by atoms with van der Waals surface area (Å²) in [6.07, 6.45) is 1.72. The second kappa shape index (κ2) is 7.53. The summed E-state index contributed by atoms with van der Waals surface area (Å²) in [6, 6.07) is 29.6. The third-order valence-electron chi connectivity index (χ3n) is 5.48. The molecule has 0 saturated carbocycles. The number of aromatic amines is 1. The normalized spacial score (nSPS) is 11.1. The van der Waals surface area contributed by atoms with Crippen LogP contribution >= 0.6 is 0 Å². The predicted octanol–water partition coefficient (Wildman–Crippen LogP) is 6.83. The molecule has 0 atom stereocenters. The zero-order valence-electron chi connectivity index (χ0n) is 16.7. The first-order valence-electron chi connectivity index (χ1n) is 10.1. The van der Waals surface area contributed by atoms with Gasteiger partial charge in [0.05, 0.1) is 12.2 Å². The number of carbonyl (C=O) groups is 1. The maximum Gasteiger partial charge on any atom is 0.340 e. The van der Waals surface area contributed by atoms with Crippen molar-refractivity contribution in [1.82, 2.24) is 4.98 Å². The number of hydrogen-bond donors (Lipinski definition) is 1. The molecule has 3 nitrogen and oxygen atoms in total. The average Bonchev–Trinajstić information content (AvgIpc) is 3.22. The van der Waals surface area contributed by atoms with Crippen molar-refractivity contribution in [1.29, 1.82) is 0 Å². The molecule has 0 bridgehead atoms. The summed E-state index contributed by atoms with van der Waals surface area (Å²) >= 11 is 0. The molecule has 146 valence electrons. The van der Waals surface area contributed by atoms with Gasteiger partial charge in [0.15, 0.2) is 0 Å². The Kier molecular flexibility index (Phi) is 4.56. The highest BCUT2D eigenvalue weighted by Gasteiger charge is 2.13. The number of nitrogens with one attached hydrogen (secondary N) is 1. The highest BCUT2D eigenvalue weighted by Crippen LogP contribution is 2.30. The van der Waals surface area contributed by atoms with Crippen molar-refractivity contribution in [3.63, 3.8) is 0 Å². The second-order valence-corrected chi connectivity index (χ2v) is 7.32. The topological polar surface area (TPSA) is 42.1 Å². The van der Waals surface area contributed by atoms with E-state index in [1.807, 2.05) is 19.1 Å². The van der Waals surface area contributed by atoms with Crippen molar-refractivity contribution >= 4 is 27.6 Å². The van der Waals surface area contributed by atoms with Crippen LogP contribution in [0.4, 0.5) is 0 Å². The SMILES string of the molecule is CCOC(=O)c1c[nH]c2cc(-c3ccc(-c4ccc5ccccc5c4)cc3)ccc12. The average molecular weight is 391 g/mol. The van der Waals surface area contributed by atoms with Gasteiger partial charge in [-0.1, -0.05) is 72.8 Å². The zero-order chi connectivity index (χ0) is 20.5. The molecule has 0 fully saturated rings. The molecule has 30 heavy (non-hydrogen) atoms. The lowest BCUT2D eigenvalue weighted by Gasteiger charge is -2.07. The summed E-state index contributed by atoms with van der Waals surface area (Å²) in [5.74, 6) is -0.295. The summed E-state index contributed by atoms with van der Waals surface area (Å²) in [5, 5.41) is 3.37. The van der Waals surface area contributed by atoms with Crippen LogP contribution in [0, 0.1) is 0 Å². The van der Waals surface area contributed by atoms with Gasteiger partial charge in [-0.3, -0.25) is 0 Å². The second-order valence-electron chi connectivity index (χ2n) is 7.32. The van der Waals surface area contributed by atoms with E-state index in [4.69, 9.17) is 4.74 Å². The summed E-state index contributed by atoms with van der Waals surface area (Å²) in [6.45, 7) is 2.18. The number of hydrogen-bond acceptors (Lipinski definition) is 2. The molecule has 0 aliphatic carbocycles. The van der Waals surface area contributed by atoms with Gasteiger partial charge in [-0.05, 0) is 52.1 Å². The molecule has 0 amide bonds. The van der Waals surface area contributed by atoms with Gasteiger partial charge < -0.3 is 9.72 Å². The number of rotatable bonds is 4. The Labute approximate surface area is 174 Å². The van der Waals surface area contributed by atoms with Crippen molar-refractivity contribution in [2.45, 2.75) is 6.92 Å². The Hall–Kier alpha value is -3.85. The Morgan fingerprint density at radius 3 is 2.13 bits per heavy atom. The van der Waals surface area contributed by atoms with E-state index >= 15 is 0 Å². The molecule has 5 rings (SSSR count). The van der Waals surface area contributed by atoms with Gasteiger partial charge >= 0.3 is 5.97 Å². The Morgan fingerprint density at radius 2 is 1.40 bits per heavy atom. The van der Waals surface area contributed by atoms with Gasteiger partial charge in [0, 0.05) is 17.1 Å². The minimum absolute atomic E-state index is 0.295. The Morgan fingerprint density at radius 1 is 0.767 bits per heavy atom. The minimum atomic E-state index is -0.295. The third kappa shape index (κ3) is 3.25. The van der Waals surface area contributed by atoms with Crippen LogP contribution in [0.5, 0.6) is 0 Å². The van der Waals surface area contributed by atoms with Gasteiger partial charge in [0.1, 0.15) is 0 Å². The number of benzene rings is 4. The highest BCUT2D eigenvalue weighted by atomic mass is 16.5. The van der Waals surface area contributed by atoms with Gasteiger partial charge in [-0.25, -0.2) is 4.79 Å². The number of carbonyl (C=O) groups excluding carboxylic acids is 1. The molecule has 1 N–H and O–H groups in total. The molecule has 0 spiro atoms. The fraction of sp³-hybridized carbons (Fsp3) is 0.0741. The maximum absolute atomic E-state index is 12.1. The van der Waals surface area contributed by atoms with Crippen molar-refractivity contribution in [2.24, 2.45) is 0 Å². The lowest BCUT2D eigenvalue weighted by atomic mass is 9.98. The predicted molar refractivity (Wildman–Crippen MR) is 123 cm³/mol. The van der Waals surface area contributed by atoms with E-state index in [0.717, 1.165) is 22.0 Å².